The Bertz CT molecular complexity index is 937. The number of carbonyl (C=O) groups is 1. The number of para-hydroxylation sites is 1. The number of carbonyl (C=O) groups excluding carboxylic acids is 1. The lowest BCUT2D eigenvalue weighted by Gasteiger charge is -2.32. The van der Waals surface area contributed by atoms with Gasteiger partial charge in [0.2, 0.25) is 0 Å². The van der Waals surface area contributed by atoms with Gasteiger partial charge in [0.15, 0.2) is 0 Å². The minimum absolute atomic E-state index is 0.0671. The first-order valence-corrected chi connectivity index (χ1v) is 10.2. The largest absolute Gasteiger partial charge is 0.376 e. The number of benzene rings is 2. The van der Waals surface area contributed by atoms with Crippen molar-refractivity contribution < 1.29 is 9.53 Å². The number of nitrogens with zero attached hydrogens (tertiary/aromatic N) is 3. The SMILES string of the molecule is Cc1c(C(=O)N2CCCC(COCc3ccccc3)C2)cnn1-c1ccccc1. The summed E-state index contributed by atoms with van der Waals surface area (Å²) >= 11 is 0. The first-order valence-electron chi connectivity index (χ1n) is 10.2. The van der Waals surface area contributed by atoms with Crippen molar-refractivity contribution in [3.05, 3.63) is 83.7 Å². The van der Waals surface area contributed by atoms with Gasteiger partial charge in [0.25, 0.3) is 5.91 Å². The molecule has 1 fully saturated rings. The molecule has 5 heteroatoms. The topological polar surface area (TPSA) is 47.4 Å². The third kappa shape index (κ3) is 4.57. The van der Waals surface area contributed by atoms with Crippen LogP contribution in [0.25, 0.3) is 5.69 Å². The molecule has 150 valence electrons. The Morgan fingerprint density at radius 2 is 1.83 bits per heavy atom. The van der Waals surface area contributed by atoms with E-state index in [2.05, 4.69) is 17.2 Å². The third-order valence-corrected chi connectivity index (χ3v) is 5.51. The molecule has 1 unspecified atom stereocenters. The lowest BCUT2D eigenvalue weighted by Crippen LogP contribution is -2.41. The molecule has 1 saturated heterocycles. The molecule has 2 heterocycles. The van der Waals surface area contributed by atoms with E-state index >= 15 is 0 Å². The summed E-state index contributed by atoms with van der Waals surface area (Å²) in [5, 5.41) is 4.45. The molecule has 5 nitrogen and oxygen atoms in total. The molecule has 1 aromatic heterocycles. The van der Waals surface area contributed by atoms with E-state index in [1.54, 1.807) is 6.20 Å². The minimum Gasteiger partial charge on any atom is -0.376 e. The van der Waals surface area contributed by atoms with Crippen molar-refractivity contribution in [3.63, 3.8) is 0 Å². The summed E-state index contributed by atoms with van der Waals surface area (Å²) in [6, 6.07) is 20.1. The van der Waals surface area contributed by atoms with Crippen molar-refractivity contribution in [2.24, 2.45) is 5.92 Å². The zero-order chi connectivity index (χ0) is 20.1. The van der Waals surface area contributed by atoms with Gasteiger partial charge >= 0.3 is 0 Å². The average molecular weight is 389 g/mol. The van der Waals surface area contributed by atoms with E-state index in [4.69, 9.17) is 4.74 Å². The van der Waals surface area contributed by atoms with Gasteiger partial charge in [-0.05, 0) is 43.4 Å². The van der Waals surface area contributed by atoms with E-state index in [1.165, 1.54) is 5.56 Å². The van der Waals surface area contributed by atoms with Crippen LogP contribution in [0.5, 0.6) is 0 Å². The van der Waals surface area contributed by atoms with Gasteiger partial charge in [-0.25, -0.2) is 4.68 Å². The first-order chi connectivity index (χ1) is 14.2. The predicted molar refractivity (Wildman–Crippen MR) is 113 cm³/mol. The summed E-state index contributed by atoms with van der Waals surface area (Å²) < 4.78 is 7.76. The molecule has 0 bridgehead atoms. The quantitative estimate of drug-likeness (QED) is 0.633. The van der Waals surface area contributed by atoms with Crippen molar-refractivity contribution >= 4 is 5.91 Å². The van der Waals surface area contributed by atoms with Crippen molar-refractivity contribution in [2.45, 2.75) is 26.4 Å². The molecule has 2 aromatic carbocycles. The van der Waals surface area contributed by atoms with Gasteiger partial charge in [0.05, 0.1) is 36.4 Å². The Hall–Kier alpha value is -2.92. The summed E-state index contributed by atoms with van der Waals surface area (Å²) in [5.74, 6) is 0.443. The summed E-state index contributed by atoms with van der Waals surface area (Å²) in [4.78, 5) is 15.1. The maximum atomic E-state index is 13.1. The molecule has 0 spiro atoms. The summed E-state index contributed by atoms with van der Waals surface area (Å²) in [6.45, 7) is 4.79. The van der Waals surface area contributed by atoms with Gasteiger partial charge in [-0.1, -0.05) is 48.5 Å². The van der Waals surface area contributed by atoms with Gasteiger partial charge in [0, 0.05) is 13.1 Å². The van der Waals surface area contributed by atoms with Crippen LogP contribution < -0.4 is 0 Å². The smallest absolute Gasteiger partial charge is 0.257 e. The van der Waals surface area contributed by atoms with Crippen LogP contribution in [0.15, 0.2) is 66.9 Å². The van der Waals surface area contributed by atoms with Crippen LogP contribution in [0.4, 0.5) is 0 Å². The molecule has 1 amide bonds. The number of aromatic nitrogens is 2. The Labute approximate surface area is 171 Å². The number of piperidine rings is 1. The van der Waals surface area contributed by atoms with Crippen molar-refractivity contribution in [3.8, 4) is 5.69 Å². The van der Waals surface area contributed by atoms with Crippen LogP contribution in [0.2, 0.25) is 0 Å². The van der Waals surface area contributed by atoms with Gasteiger partial charge in [0.1, 0.15) is 0 Å². The normalized spacial score (nSPS) is 16.7. The second-order valence-electron chi connectivity index (χ2n) is 7.65. The highest BCUT2D eigenvalue weighted by Gasteiger charge is 2.27. The van der Waals surface area contributed by atoms with E-state index in [1.807, 2.05) is 65.0 Å². The first kappa shape index (κ1) is 19.4. The molecule has 1 aliphatic rings. The van der Waals surface area contributed by atoms with E-state index < -0.39 is 0 Å². The number of hydrogen-bond acceptors (Lipinski definition) is 3. The second-order valence-corrected chi connectivity index (χ2v) is 7.65. The third-order valence-electron chi connectivity index (χ3n) is 5.51. The number of hydrogen-bond donors (Lipinski definition) is 0. The van der Waals surface area contributed by atoms with Crippen molar-refractivity contribution in [1.29, 1.82) is 0 Å². The highest BCUT2D eigenvalue weighted by Crippen LogP contribution is 2.22. The van der Waals surface area contributed by atoms with Crippen LogP contribution in [0, 0.1) is 12.8 Å². The van der Waals surface area contributed by atoms with E-state index in [-0.39, 0.29) is 5.91 Å². The molecule has 0 saturated carbocycles. The van der Waals surface area contributed by atoms with Gasteiger partial charge < -0.3 is 9.64 Å². The molecular weight excluding hydrogens is 362 g/mol. The molecule has 1 atom stereocenters. The van der Waals surface area contributed by atoms with Crippen LogP contribution in [0.1, 0.15) is 34.5 Å². The fourth-order valence-corrected chi connectivity index (χ4v) is 3.92. The molecule has 29 heavy (non-hydrogen) atoms. The molecule has 1 aliphatic heterocycles. The van der Waals surface area contributed by atoms with E-state index in [0.29, 0.717) is 24.7 Å². The molecule has 0 aliphatic carbocycles. The van der Waals surface area contributed by atoms with Crippen LogP contribution in [0.3, 0.4) is 0 Å². The number of likely N-dealkylation sites (tertiary alicyclic amines) is 1. The van der Waals surface area contributed by atoms with Gasteiger partial charge in [-0.2, -0.15) is 5.10 Å². The lowest BCUT2D eigenvalue weighted by molar-refractivity contribution is 0.0425. The maximum Gasteiger partial charge on any atom is 0.257 e. The lowest BCUT2D eigenvalue weighted by atomic mass is 9.98. The van der Waals surface area contributed by atoms with Crippen LogP contribution >= 0.6 is 0 Å². The Morgan fingerprint density at radius 1 is 1.10 bits per heavy atom. The van der Waals surface area contributed by atoms with E-state index in [9.17, 15) is 4.79 Å². The molecular formula is C24H27N3O2. The van der Waals surface area contributed by atoms with Crippen molar-refractivity contribution in [2.75, 3.05) is 19.7 Å². The molecule has 4 rings (SSSR count). The minimum atomic E-state index is 0.0671. The highest BCUT2D eigenvalue weighted by atomic mass is 16.5. The van der Waals surface area contributed by atoms with Gasteiger partial charge in [-0.15, -0.1) is 0 Å². The summed E-state index contributed by atoms with van der Waals surface area (Å²) in [7, 11) is 0. The van der Waals surface area contributed by atoms with Crippen LogP contribution in [-0.4, -0.2) is 40.3 Å². The highest BCUT2D eigenvalue weighted by molar-refractivity contribution is 5.95. The molecule has 3 aromatic rings. The fourth-order valence-electron chi connectivity index (χ4n) is 3.92. The van der Waals surface area contributed by atoms with E-state index in [0.717, 1.165) is 37.3 Å². The number of rotatable bonds is 6. The zero-order valence-electron chi connectivity index (χ0n) is 16.8. The van der Waals surface area contributed by atoms with Crippen LogP contribution in [-0.2, 0) is 11.3 Å². The second kappa shape index (κ2) is 9.05. The maximum absolute atomic E-state index is 13.1. The number of amides is 1. The van der Waals surface area contributed by atoms with Gasteiger partial charge in [-0.3, -0.25) is 4.79 Å². The zero-order valence-corrected chi connectivity index (χ0v) is 16.8. The monoisotopic (exact) mass is 389 g/mol. The average Bonchev–Trinajstić information content (AvgIpc) is 3.16. The molecule has 0 N–H and O–H groups in total. The summed E-state index contributed by atoms with van der Waals surface area (Å²) in [6.07, 6.45) is 3.80. The molecule has 0 radical (unpaired) electrons. The fraction of sp³-hybridized carbons (Fsp3) is 0.333. The predicted octanol–water partition coefficient (Wildman–Crippen LogP) is 4.25. The Kier molecular flexibility index (Phi) is 6.06. The van der Waals surface area contributed by atoms with Crippen molar-refractivity contribution in [1.82, 2.24) is 14.7 Å². The number of ether oxygens (including phenoxy) is 1. The summed E-state index contributed by atoms with van der Waals surface area (Å²) in [5.41, 5.74) is 3.71. The standard InChI is InChI=1S/C24H27N3O2/c1-19-23(15-25-27(19)22-12-6-3-7-13-22)24(28)26-14-8-11-21(16-26)18-29-17-20-9-4-2-5-10-20/h2-7,9-10,12-13,15,21H,8,11,14,16-18H2,1H3. The Balaban J connectivity index is 1.37. The Morgan fingerprint density at radius 3 is 2.59 bits per heavy atom.